The first-order valence-electron chi connectivity index (χ1n) is 18.2. The lowest BCUT2D eigenvalue weighted by molar-refractivity contribution is 0.443. The van der Waals surface area contributed by atoms with Crippen LogP contribution >= 0.6 is 0 Å². The van der Waals surface area contributed by atoms with Crippen molar-refractivity contribution in [2.75, 3.05) is 0 Å². The highest BCUT2D eigenvalue weighted by molar-refractivity contribution is 6.99. The zero-order valence-electron chi connectivity index (χ0n) is 28.6. The molecule has 0 N–H and O–H groups in total. The molecule has 0 aromatic heterocycles. The van der Waals surface area contributed by atoms with Crippen molar-refractivity contribution < 1.29 is 14.2 Å². The second-order valence-electron chi connectivity index (χ2n) is 14.3. The van der Waals surface area contributed by atoms with Gasteiger partial charge in [-0.25, -0.2) is 0 Å². The Bertz CT molecular complexity index is 2760. The summed E-state index contributed by atoms with van der Waals surface area (Å²) in [7, 11) is 0. The summed E-state index contributed by atoms with van der Waals surface area (Å²) in [5.74, 6) is 5.03. The number of hydrogen-bond donors (Lipinski definition) is 0. The molecule has 4 heteroatoms. The molecule has 12 rings (SSSR count). The van der Waals surface area contributed by atoms with Crippen molar-refractivity contribution in [2.24, 2.45) is 0 Å². The third-order valence-corrected chi connectivity index (χ3v) is 11.5. The van der Waals surface area contributed by atoms with Crippen LogP contribution < -0.4 is 30.6 Å². The molecule has 0 unspecified atom stereocenters. The summed E-state index contributed by atoms with van der Waals surface area (Å²) < 4.78 is 19.6. The Balaban J connectivity index is 0.922. The molecule has 0 radical (unpaired) electrons. The van der Waals surface area contributed by atoms with Gasteiger partial charge in [-0.2, -0.15) is 0 Å². The van der Waals surface area contributed by atoms with E-state index in [1.807, 2.05) is 36.4 Å². The van der Waals surface area contributed by atoms with Gasteiger partial charge in [0.05, 0.1) is 0 Å². The summed E-state index contributed by atoms with van der Waals surface area (Å²) in [5.41, 5.74) is 18.3. The molecule has 246 valence electrons. The average molecular weight is 677 g/mol. The van der Waals surface area contributed by atoms with Crippen LogP contribution in [0.4, 0.5) is 0 Å². The van der Waals surface area contributed by atoms with Gasteiger partial charge in [0.15, 0.2) is 0 Å². The van der Waals surface area contributed by atoms with Gasteiger partial charge in [-0.05, 0) is 116 Å². The molecule has 0 atom stereocenters. The summed E-state index contributed by atoms with van der Waals surface area (Å²) >= 11 is 0. The van der Waals surface area contributed by atoms with E-state index in [0.717, 1.165) is 68.4 Å². The minimum Gasteiger partial charge on any atom is -0.458 e. The quantitative estimate of drug-likeness (QED) is 0.174. The molecule has 8 aromatic carbocycles. The molecule has 3 heterocycles. The van der Waals surface area contributed by atoms with Gasteiger partial charge in [-0.3, -0.25) is 0 Å². The average Bonchev–Trinajstić information content (AvgIpc) is 3.61. The first kappa shape index (κ1) is 28.9. The van der Waals surface area contributed by atoms with Crippen molar-refractivity contribution in [3.05, 3.63) is 175 Å². The third-order valence-electron chi connectivity index (χ3n) is 11.5. The maximum atomic E-state index is 6.64. The Morgan fingerprint density at radius 2 is 0.736 bits per heavy atom. The Morgan fingerprint density at radius 3 is 1.36 bits per heavy atom. The number of fused-ring (bicyclic) bond motifs is 3. The van der Waals surface area contributed by atoms with Crippen LogP contribution in [0.15, 0.2) is 164 Å². The van der Waals surface area contributed by atoms with E-state index >= 15 is 0 Å². The third kappa shape index (κ3) is 4.24. The second kappa shape index (κ2) is 10.9. The molecule has 0 saturated carbocycles. The van der Waals surface area contributed by atoms with E-state index in [1.54, 1.807) is 0 Å². The largest absolute Gasteiger partial charge is 0.458 e. The summed E-state index contributed by atoms with van der Waals surface area (Å²) in [6.07, 6.45) is 0.889. The highest BCUT2D eigenvalue weighted by Gasteiger charge is 2.46. The molecule has 0 spiro atoms. The topological polar surface area (TPSA) is 27.7 Å². The molecule has 3 aliphatic heterocycles. The molecule has 0 bridgehead atoms. The number of rotatable bonds is 4. The van der Waals surface area contributed by atoms with Crippen molar-refractivity contribution in [2.45, 2.75) is 6.42 Å². The van der Waals surface area contributed by atoms with Gasteiger partial charge >= 0.3 is 0 Å². The first-order valence-corrected chi connectivity index (χ1v) is 18.2. The maximum absolute atomic E-state index is 6.64. The first-order chi connectivity index (χ1) is 26.2. The number of ether oxygens (including phenoxy) is 3. The smallest absolute Gasteiger partial charge is 0.270 e. The standard InChI is InChI=1S/C49H29BO3/c1-2-9-29(10-3-1)30-21-23-31(24-22-30)35-13-5-15-37-38-16-6-14-36(40(38)28-39(35)37)33-12-4-11-32(25-33)34-26-45-49-46(27-34)53-44-20-8-18-42-48(44)50(49)47-41(51-42)17-7-19-43(47)52-45/h1-27H,28H2. The van der Waals surface area contributed by atoms with Crippen molar-refractivity contribution in [1.82, 2.24) is 0 Å². The molecule has 4 aliphatic rings. The normalized spacial score (nSPS) is 13.2. The van der Waals surface area contributed by atoms with Crippen molar-refractivity contribution >= 4 is 23.1 Å². The maximum Gasteiger partial charge on any atom is 0.270 e. The molecular formula is C49H29BO3. The Kier molecular flexibility index (Phi) is 5.92. The molecule has 0 amide bonds. The molecular weight excluding hydrogens is 647 g/mol. The van der Waals surface area contributed by atoms with Gasteiger partial charge in [0, 0.05) is 16.4 Å². The van der Waals surface area contributed by atoms with Gasteiger partial charge in [0.2, 0.25) is 0 Å². The predicted octanol–water partition coefficient (Wildman–Crippen LogP) is 10.8. The van der Waals surface area contributed by atoms with Crippen LogP contribution in [0.25, 0.3) is 55.6 Å². The predicted molar refractivity (Wildman–Crippen MR) is 214 cm³/mol. The Hall–Kier alpha value is -6.78. The fraction of sp³-hybridized carbons (Fsp3) is 0.0204. The van der Waals surface area contributed by atoms with Crippen LogP contribution in [-0.4, -0.2) is 6.71 Å². The summed E-state index contributed by atoms with van der Waals surface area (Å²) in [4.78, 5) is 0. The zero-order valence-corrected chi connectivity index (χ0v) is 28.6. The van der Waals surface area contributed by atoms with Crippen LogP contribution in [0, 0.1) is 0 Å². The monoisotopic (exact) mass is 676 g/mol. The van der Waals surface area contributed by atoms with Crippen LogP contribution in [-0.2, 0) is 6.42 Å². The Labute approximate surface area is 307 Å². The number of benzene rings is 8. The lowest BCUT2D eigenvalue weighted by Gasteiger charge is -2.37. The Morgan fingerprint density at radius 1 is 0.302 bits per heavy atom. The van der Waals surface area contributed by atoms with Gasteiger partial charge < -0.3 is 14.2 Å². The van der Waals surface area contributed by atoms with Gasteiger partial charge in [-0.15, -0.1) is 0 Å². The minimum absolute atomic E-state index is 0.00858. The fourth-order valence-electron chi connectivity index (χ4n) is 9.10. The second-order valence-corrected chi connectivity index (χ2v) is 14.3. The van der Waals surface area contributed by atoms with E-state index < -0.39 is 0 Å². The summed E-state index contributed by atoms with van der Waals surface area (Å²) in [6, 6.07) is 58.5. The van der Waals surface area contributed by atoms with Gasteiger partial charge in [-0.1, -0.05) is 121 Å². The number of hydrogen-bond acceptors (Lipinski definition) is 3. The molecule has 3 nitrogen and oxygen atoms in total. The van der Waals surface area contributed by atoms with E-state index in [2.05, 4.69) is 127 Å². The van der Waals surface area contributed by atoms with Crippen LogP contribution in [0.3, 0.4) is 0 Å². The van der Waals surface area contributed by atoms with E-state index in [0.29, 0.717) is 0 Å². The summed E-state index contributed by atoms with van der Waals surface area (Å²) in [6.45, 7) is 0.00858. The molecule has 1 aliphatic carbocycles. The van der Waals surface area contributed by atoms with Crippen molar-refractivity contribution in [1.29, 1.82) is 0 Å². The van der Waals surface area contributed by atoms with Gasteiger partial charge in [0.1, 0.15) is 34.5 Å². The molecule has 53 heavy (non-hydrogen) atoms. The van der Waals surface area contributed by atoms with E-state index in [9.17, 15) is 0 Å². The zero-order chi connectivity index (χ0) is 34.6. The van der Waals surface area contributed by atoms with E-state index in [4.69, 9.17) is 14.2 Å². The SMILES string of the molecule is c1ccc(-c2ccc(-c3cccc4c3Cc3c(-c5cccc(-c6cc7c8c(c6)Oc6cccc9c6B8c6c(cccc6O7)O9)c5)cccc3-4)cc2)cc1. The highest BCUT2D eigenvalue weighted by atomic mass is 16.5. The van der Waals surface area contributed by atoms with Crippen molar-refractivity contribution in [3.63, 3.8) is 0 Å². The molecule has 8 aromatic rings. The highest BCUT2D eigenvalue weighted by Crippen LogP contribution is 2.47. The van der Waals surface area contributed by atoms with Gasteiger partial charge in [0.25, 0.3) is 6.71 Å². The lowest BCUT2D eigenvalue weighted by atomic mass is 9.34. The van der Waals surface area contributed by atoms with Crippen LogP contribution in [0.1, 0.15) is 11.1 Å². The molecule has 0 fully saturated rings. The van der Waals surface area contributed by atoms with Crippen molar-refractivity contribution in [3.8, 4) is 90.1 Å². The minimum atomic E-state index is 0.00858. The van der Waals surface area contributed by atoms with Crippen LogP contribution in [0.2, 0.25) is 0 Å². The lowest BCUT2D eigenvalue weighted by Crippen LogP contribution is -2.59. The fourth-order valence-corrected chi connectivity index (χ4v) is 9.10. The van der Waals surface area contributed by atoms with E-state index in [-0.39, 0.29) is 6.71 Å². The van der Waals surface area contributed by atoms with E-state index in [1.165, 1.54) is 55.6 Å². The molecule has 0 saturated heterocycles. The summed E-state index contributed by atoms with van der Waals surface area (Å²) in [5, 5.41) is 0. The van der Waals surface area contributed by atoms with Crippen LogP contribution in [0.5, 0.6) is 34.5 Å².